The van der Waals surface area contributed by atoms with Crippen LogP contribution >= 0.6 is 0 Å². The molecule has 1 aromatic rings. The van der Waals surface area contributed by atoms with E-state index in [1.807, 2.05) is 0 Å². The fraction of sp³-hybridized carbons (Fsp3) is 0.273. The summed E-state index contributed by atoms with van der Waals surface area (Å²) in [7, 11) is 0. The summed E-state index contributed by atoms with van der Waals surface area (Å²) in [5.74, 6) is -0.961. The Morgan fingerprint density at radius 2 is 1.82 bits per heavy atom. The number of nitrogens with one attached hydrogen (secondary N) is 2. The highest BCUT2D eigenvalue weighted by atomic mass is 19.3. The van der Waals surface area contributed by atoms with Crippen LogP contribution in [0.25, 0.3) is 0 Å². The molecule has 0 bridgehead atoms. The summed E-state index contributed by atoms with van der Waals surface area (Å²) in [5, 5.41) is 4.70. The Labute approximate surface area is 96.0 Å². The molecule has 0 saturated carbocycles. The van der Waals surface area contributed by atoms with Crippen molar-refractivity contribution in [3.63, 3.8) is 0 Å². The van der Waals surface area contributed by atoms with E-state index in [1.54, 1.807) is 0 Å². The minimum atomic E-state index is -2.50. The molecular formula is C11H10F2N2O2. The highest BCUT2D eigenvalue weighted by Gasteiger charge is 2.27. The van der Waals surface area contributed by atoms with Crippen molar-refractivity contribution in [3.05, 3.63) is 29.3 Å². The Bertz CT molecular complexity index is 488. The van der Waals surface area contributed by atoms with Crippen molar-refractivity contribution in [2.45, 2.75) is 19.4 Å². The molecule has 1 unspecified atom stereocenters. The Kier molecular flexibility index (Phi) is 2.79. The van der Waals surface area contributed by atoms with E-state index in [9.17, 15) is 18.4 Å². The monoisotopic (exact) mass is 240 g/mol. The van der Waals surface area contributed by atoms with Gasteiger partial charge in [0.05, 0.1) is 17.2 Å². The molecule has 0 radical (unpaired) electrons. The van der Waals surface area contributed by atoms with E-state index >= 15 is 0 Å². The fourth-order valence-corrected chi connectivity index (χ4v) is 1.58. The van der Waals surface area contributed by atoms with Crippen molar-refractivity contribution in [2.24, 2.45) is 0 Å². The van der Waals surface area contributed by atoms with E-state index in [2.05, 4.69) is 10.6 Å². The zero-order chi connectivity index (χ0) is 12.6. The van der Waals surface area contributed by atoms with E-state index in [1.165, 1.54) is 25.1 Å². The van der Waals surface area contributed by atoms with Gasteiger partial charge in [0, 0.05) is 5.69 Å². The van der Waals surface area contributed by atoms with Crippen LogP contribution in [0.15, 0.2) is 18.2 Å². The van der Waals surface area contributed by atoms with Gasteiger partial charge in [-0.2, -0.15) is 0 Å². The number of halogens is 2. The number of benzene rings is 1. The van der Waals surface area contributed by atoms with Gasteiger partial charge in [0.25, 0.3) is 18.2 Å². The van der Waals surface area contributed by atoms with Crippen molar-refractivity contribution in [3.8, 4) is 0 Å². The minimum absolute atomic E-state index is 0.210. The molecule has 1 heterocycles. The lowest BCUT2D eigenvalue weighted by Crippen LogP contribution is -2.23. The Morgan fingerprint density at radius 3 is 2.47 bits per heavy atom. The predicted molar refractivity (Wildman–Crippen MR) is 57.3 cm³/mol. The maximum absolute atomic E-state index is 12.3. The molecule has 2 amide bonds. The number of hydrogen-bond donors (Lipinski definition) is 2. The highest BCUT2D eigenvalue weighted by molar-refractivity contribution is 6.21. The maximum atomic E-state index is 12.3. The Balaban J connectivity index is 2.26. The van der Waals surface area contributed by atoms with Crippen molar-refractivity contribution in [1.82, 2.24) is 5.32 Å². The second kappa shape index (κ2) is 4.12. The third kappa shape index (κ3) is 2.11. The van der Waals surface area contributed by atoms with E-state index in [0.717, 1.165) is 0 Å². The predicted octanol–water partition coefficient (Wildman–Crippen LogP) is 1.64. The zero-order valence-electron chi connectivity index (χ0n) is 8.96. The van der Waals surface area contributed by atoms with Crippen LogP contribution in [0, 0.1) is 0 Å². The van der Waals surface area contributed by atoms with Gasteiger partial charge in [-0.15, -0.1) is 0 Å². The van der Waals surface area contributed by atoms with Gasteiger partial charge in [0.1, 0.15) is 0 Å². The minimum Gasteiger partial charge on any atom is -0.377 e. The van der Waals surface area contributed by atoms with Crippen molar-refractivity contribution < 1.29 is 18.4 Å². The van der Waals surface area contributed by atoms with Crippen LogP contribution in [0.2, 0.25) is 0 Å². The van der Waals surface area contributed by atoms with Crippen molar-refractivity contribution >= 4 is 17.5 Å². The number of carbonyl (C=O) groups excluding carboxylic acids is 2. The lowest BCUT2D eigenvalue weighted by atomic mass is 10.1. The number of anilines is 1. The summed E-state index contributed by atoms with van der Waals surface area (Å²) < 4.78 is 24.7. The molecule has 1 aromatic carbocycles. The van der Waals surface area contributed by atoms with Gasteiger partial charge < -0.3 is 5.32 Å². The first kappa shape index (κ1) is 11.5. The van der Waals surface area contributed by atoms with Crippen molar-refractivity contribution in [1.29, 1.82) is 0 Å². The third-order valence-corrected chi connectivity index (χ3v) is 2.51. The Morgan fingerprint density at radius 1 is 1.18 bits per heavy atom. The SMILES string of the molecule is CC(Nc1ccc2c(c1)C(=O)NC2=O)C(F)F. The summed E-state index contributed by atoms with van der Waals surface area (Å²) in [6.07, 6.45) is -2.50. The largest absolute Gasteiger partial charge is 0.377 e. The van der Waals surface area contributed by atoms with Gasteiger partial charge >= 0.3 is 0 Å². The molecule has 0 spiro atoms. The second-order valence-corrected chi connectivity index (χ2v) is 3.81. The van der Waals surface area contributed by atoms with Crippen LogP contribution in [0.1, 0.15) is 27.6 Å². The lowest BCUT2D eigenvalue weighted by molar-refractivity contribution is 0.0879. The van der Waals surface area contributed by atoms with Gasteiger partial charge in [0.2, 0.25) is 0 Å². The zero-order valence-corrected chi connectivity index (χ0v) is 8.96. The van der Waals surface area contributed by atoms with Crippen LogP contribution in [-0.4, -0.2) is 24.3 Å². The normalized spacial score (nSPS) is 15.8. The van der Waals surface area contributed by atoms with Gasteiger partial charge in [-0.25, -0.2) is 8.78 Å². The molecule has 17 heavy (non-hydrogen) atoms. The molecule has 0 aliphatic carbocycles. The number of amides is 2. The second-order valence-electron chi connectivity index (χ2n) is 3.81. The van der Waals surface area contributed by atoms with Gasteiger partial charge in [-0.1, -0.05) is 0 Å². The van der Waals surface area contributed by atoms with Gasteiger partial charge in [0.15, 0.2) is 0 Å². The molecular weight excluding hydrogens is 230 g/mol. The van der Waals surface area contributed by atoms with Gasteiger partial charge in [-0.05, 0) is 25.1 Å². The number of rotatable bonds is 3. The molecule has 2 N–H and O–H groups in total. The molecule has 1 aliphatic rings. The van der Waals surface area contributed by atoms with E-state index in [-0.39, 0.29) is 11.1 Å². The van der Waals surface area contributed by atoms with Crippen LogP contribution in [-0.2, 0) is 0 Å². The van der Waals surface area contributed by atoms with Crippen LogP contribution in [0.5, 0.6) is 0 Å². The quantitative estimate of drug-likeness (QED) is 0.789. The summed E-state index contributed by atoms with van der Waals surface area (Å²) in [4.78, 5) is 22.6. The molecule has 1 atom stereocenters. The summed E-state index contributed by atoms with van der Waals surface area (Å²) in [6, 6.07) is 3.31. The number of alkyl halides is 2. The average molecular weight is 240 g/mol. The first-order valence-electron chi connectivity index (χ1n) is 5.03. The summed E-state index contributed by atoms with van der Waals surface area (Å²) in [6.45, 7) is 1.34. The molecule has 0 aromatic heterocycles. The molecule has 2 rings (SSSR count). The standard InChI is InChI=1S/C11H10F2N2O2/c1-5(9(12)13)14-6-2-3-7-8(4-6)11(17)15-10(7)16/h2-5,9,14H,1H3,(H,15,16,17). The molecule has 90 valence electrons. The third-order valence-electron chi connectivity index (χ3n) is 2.51. The van der Waals surface area contributed by atoms with Crippen LogP contribution in [0.4, 0.5) is 14.5 Å². The molecule has 0 saturated heterocycles. The highest BCUT2D eigenvalue weighted by Crippen LogP contribution is 2.21. The molecule has 6 heteroatoms. The molecule has 4 nitrogen and oxygen atoms in total. The summed E-state index contributed by atoms with van der Waals surface area (Å²) in [5.41, 5.74) is 0.869. The number of imide groups is 1. The maximum Gasteiger partial charge on any atom is 0.259 e. The molecule has 0 fully saturated rings. The lowest BCUT2D eigenvalue weighted by Gasteiger charge is -2.14. The smallest absolute Gasteiger partial charge is 0.259 e. The van der Waals surface area contributed by atoms with E-state index < -0.39 is 24.3 Å². The number of hydrogen-bond acceptors (Lipinski definition) is 3. The molecule has 1 aliphatic heterocycles. The van der Waals surface area contributed by atoms with Crippen LogP contribution in [0.3, 0.4) is 0 Å². The first-order chi connectivity index (χ1) is 7.99. The average Bonchev–Trinajstić information content (AvgIpc) is 2.54. The van der Waals surface area contributed by atoms with Crippen LogP contribution < -0.4 is 10.6 Å². The van der Waals surface area contributed by atoms with Crippen molar-refractivity contribution in [2.75, 3.05) is 5.32 Å². The Hall–Kier alpha value is -1.98. The van der Waals surface area contributed by atoms with Gasteiger partial charge in [-0.3, -0.25) is 14.9 Å². The number of fused-ring (bicyclic) bond motifs is 1. The topological polar surface area (TPSA) is 58.2 Å². The number of carbonyl (C=O) groups is 2. The fourth-order valence-electron chi connectivity index (χ4n) is 1.58. The summed E-state index contributed by atoms with van der Waals surface area (Å²) >= 11 is 0. The van der Waals surface area contributed by atoms with E-state index in [4.69, 9.17) is 0 Å². The first-order valence-corrected chi connectivity index (χ1v) is 5.03. The van der Waals surface area contributed by atoms with E-state index in [0.29, 0.717) is 5.69 Å².